The maximum atomic E-state index is 11.0. The van der Waals surface area contributed by atoms with E-state index in [1.807, 2.05) is 0 Å². The average Bonchev–Trinajstić information content (AvgIpc) is 2.16. The molecule has 1 amide bonds. The summed E-state index contributed by atoms with van der Waals surface area (Å²) in [5.74, 6) is -0.287. The highest BCUT2D eigenvalue weighted by Gasteiger charge is 2.14. The number of carbonyl (C=O) groups excluding carboxylic acids is 1. The second-order valence-corrected chi connectivity index (χ2v) is 2.81. The van der Waals surface area contributed by atoms with Gasteiger partial charge in [0.15, 0.2) is 0 Å². The molecule has 6 heteroatoms. The number of nitrogens with zero attached hydrogens (tertiary/aromatic N) is 3. The van der Waals surface area contributed by atoms with E-state index in [-0.39, 0.29) is 18.7 Å². The number of ether oxygens (including phenoxy) is 1. The predicted molar refractivity (Wildman–Crippen MR) is 45.7 cm³/mol. The SMILES string of the molecule is [N-]=[N+]=NCC(=O)N[C@H]1CCCCO1. The highest BCUT2D eigenvalue weighted by Crippen LogP contribution is 2.09. The normalized spacial score (nSPS) is 21.7. The van der Waals surface area contributed by atoms with Gasteiger partial charge in [-0.3, -0.25) is 4.79 Å². The van der Waals surface area contributed by atoms with Crippen molar-refractivity contribution in [1.29, 1.82) is 0 Å². The fraction of sp³-hybridized carbons (Fsp3) is 0.857. The van der Waals surface area contributed by atoms with Gasteiger partial charge in [0, 0.05) is 11.5 Å². The number of carbonyl (C=O) groups is 1. The molecular weight excluding hydrogens is 172 g/mol. The Morgan fingerprint density at radius 3 is 3.15 bits per heavy atom. The lowest BCUT2D eigenvalue weighted by Gasteiger charge is -2.22. The monoisotopic (exact) mass is 184 g/mol. The van der Waals surface area contributed by atoms with Crippen LogP contribution in [0.1, 0.15) is 19.3 Å². The molecule has 0 spiro atoms. The Morgan fingerprint density at radius 2 is 2.54 bits per heavy atom. The summed E-state index contributed by atoms with van der Waals surface area (Å²) in [4.78, 5) is 13.5. The highest BCUT2D eigenvalue weighted by atomic mass is 16.5. The van der Waals surface area contributed by atoms with Crippen LogP contribution in [0.3, 0.4) is 0 Å². The second kappa shape index (κ2) is 5.40. The van der Waals surface area contributed by atoms with Crippen LogP contribution in [0.15, 0.2) is 5.11 Å². The fourth-order valence-corrected chi connectivity index (χ4v) is 1.18. The van der Waals surface area contributed by atoms with Gasteiger partial charge in [-0.05, 0) is 24.8 Å². The smallest absolute Gasteiger partial charge is 0.227 e. The molecule has 0 aromatic rings. The molecule has 0 aromatic heterocycles. The number of azide groups is 1. The summed E-state index contributed by atoms with van der Waals surface area (Å²) in [5.41, 5.74) is 7.97. The van der Waals surface area contributed by atoms with Gasteiger partial charge in [-0.15, -0.1) is 0 Å². The highest BCUT2D eigenvalue weighted by molar-refractivity contribution is 5.78. The Bertz CT molecular complexity index is 219. The van der Waals surface area contributed by atoms with Crippen molar-refractivity contribution in [3.8, 4) is 0 Å². The molecule has 1 N–H and O–H groups in total. The zero-order valence-corrected chi connectivity index (χ0v) is 7.27. The molecule has 1 heterocycles. The minimum Gasteiger partial charge on any atom is -0.359 e. The number of hydrogen-bond acceptors (Lipinski definition) is 3. The lowest BCUT2D eigenvalue weighted by Crippen LogP contribution is -2.39. The van der Waals surface area contributed by atoms with Crippen LogP contribution >= 0.6 is 0 Å². The van der Waals surface area contributed by atoms with Crippen molar-refractivity contribution in [3.05, 3.63) is 10.4 Å². The molecule has 0 unspecified atom stereocenters. The minimum atomic E-state index is -0.287. The van der Waals surface area contributed by atoms with Crippen molar-refractivity contribution in [2.24, 2.45) is 5.11 Å². The topological polar surface area (TPSA) is 87.1 Å². The van der Waals surface area contributed by atoms with E-state index in [0.29, 0.717) is 6.61 Å². The Labute approximate surface area is 75.9 Å². The maximum absolute atomic E-state index is 11.0. The van der Waals surface area contributed by atoms with E-state index in [9.17, 15) is 4.79 Å². The Morgan fingerprint density at radius 1 is 1.69 bits per heavy atom. The zero-order valence-electron chi connectivity index (χ0n) is 7.27. The molecule has 1 aliphatic rings. The molecule has 1 atom stereocenters. The molecular formula is C7H12N4O2. The number of rotatable bonds is 3. The third kappa shape index (κ3) is 3.78. The molecule has 13 heavy (non-hydrogen) atoms. The van der Waals surface area contributed by atoms with Crippen molar-refractivity contribution in [1.82, 2.24) is 5.32 Å². The van der Waals surface area contributed by atoms with Crippen LogP contribution in [0, 0.1) is 0 Å². The molecule has 1 aliphatic heterocycles. The minimum absolute atomic E-state index is 0.156. The standard InChI is InChI=1S/C7H12N4O2/c8-11-9-5-6(12)10-7-3-1-2-4-13-7/h7H,1-5H2,(H,10,12)/t7-/m1/s1. The van der Waals surface area contributed by atoms with Crippen LogP contribution in [-0.4, -0.2) is 25.3 Å². The van der Waals surface area contributed by atoms with Crippen molar-refractivity contribution in [2.75, 3.05) is 13.2 Å². The summed E-state index contributed by atoms with van der Waals surface area (Å²) in [6, 6.07) is 0. The third-order valence-corrected chi connectivity index (χ3v) is 1.78. The molecule has 0 saturated carbocycles. The Balaban J connectivity index is 2.21. The predicted octanol–water partition coefficient (Wildman–Crippen LogP) is 0.940. The van der Waals surface area contributed by atoms with Crippen LogP contribution in [0.25, 0.3) is 10.4 Å². The van der Waals surface area contributed by atoms with E-state index < -0.39 is 0 Å². The first-order valence-electron chi connectivity index (χ1n) is 4.25. The third-order valence-electron chi connectivity index (χ3n) is 1.78. The molecule has 0 aromatic carbocycles. The van der Waals surface area contributed by atoms with Gasteiger partial charge in [0.25, 0.3) is 0 Å². The van der Waals surface area contributed by atoms with Crippen LogP contribution in [0.5, 0.6) is 0 Å². The van der Waals surface area contributed by atoms with E-state index in [4.69, 9.17) is 10.3 Å². The zero-order chi connectivity index (χ0) is 9.52. The summed E-state index contributed by atoms with van der Waals surface area (Å²) in [6.45, 7) is 0.531. The van der Waals surface area contributed by atoms with Gasteiger partial charge in [-0.1, -0.05) is 5.11 Å². The van der Waals surface area contributed by atoms with Gasteiger partial charge in [0.1, 0.15) is 12.8 Å². The van der Waals surface area contributed by atoms with Crippen LogP contribution in [-0.2, 0) is 9.53 Å². The van der Waals surface area contributed by atoms with E-state index in [0.717, 1.165) is 19.3 Å². The van der Waals surface area contributed by atoms with E-state index in [2.05, 4.69) is 15.3 Å². The first kappa shape index (κ1) is 9.83. The van der Waals surface area contributed by atoms with Crippen LogP contribution in [0.4, 0.5) is 0 Å². The van der Waals surface area contributed by atoms with Crippen molar-refractivity contribution in [3.63, 3.8) is 0 Å². The van der Waals surface area contributed by atoms with E-state index in [1.165, 1.54) is 0 Å². The average molecular weight is 184 g/mol. The molecule has 1 fully saturated rings. The van der Waals surface area contributed by atoms with E-state index >= 15 is 0 Å². The summed E-state index contributed by atoms with van der Waals surface area (Å²) in [6.07, 6.45) is 2.74. The second-order valence-electron chi connectivity index (χ2n) is 2.81. The quantitative estimate of drug-likeness (QED) is 0.402. The molecule has 1 rings (SSSR count). The van der Waals surface area contributed by atoms with Gasteiger partial charge in [0.2, 0.25) is 5.91 Å². The summed E-state index contributed by atoms with van der Waals surface area (Å²) >= 11 is 0. The van der Waals surface area contributed by atoms with Crippen LogP contribution < -0.4 is 5.32 Å². The molecule has 1 saturated heterocycles. The molecule has 0 aliphatic carbocycles. The lowest BCUT2D eigenvalue weighted by atomic mass is 10.2. The van der Waals surface area contributed by atoms with Crippen molar-refractivity contribution in [2.45, 2.75) is 25.5 Å². The largest absolute Gasteiger partial charge is 0.359 e. The molecule has 72 valence electrons. The Hall–Kier alpha value is -1.26. The van der Waals surface area contributed by atoms with E-state index in [1.54, 1.807) is 0 Å². The van der Waals surface area contributed by atoms with Crippen molar-refractivity contribution < 1.29 is 9.53 Å². The van der Waals surface area contributed by atoms with Gasteiger partial charge in [-0.2, -0.15) is 0 Å². The first-order valence-corrected chi connectivity index (χ1v) is 4.25. The molecule has 6 nitrogen and oxygen atoms in total. The van der Waals surface area contributed by atoms with Gasteiger partial charge in [-0.25, -0.2) is 0 Å². The summed E-state index contributed by atoms with van der Waals surface area (Å²) in [5, 5.41) is 5.78. The van der Waals surface area contributed by atoms with Crippen LogP contribution in [0.2, 0.25) is 0 Å². The summed E-state index contributed by atoms with van der Waals surface area (Å²) < 4.78 is 5.26. The van der Waals surface area contributed by atoms with Gasteiger partial charge < -0.3 is 10.1 Å². The molecule has 0 radical (unpaired) electrons. The maximum Gasteiger partial charge on any atom is 0.227 e. The lowest BCUT2D eigenvalue weighted by molar-refractivity contribution is -0.125. The number of hydrogen-bond donors (Lipinski definition) is 1. The number of nitrogens with one attached hydrogen (secondary N) is 1. The van der Waals surface area contributed by atoms with Gasteiger partial charge >= 0.3 is 0 Å². The van der Waals surface area contributed by atoms with Gasteiger partial charge in [0.05, 0.1) is 0 Å². The summed E-state index contributed by atoms with van der Waals surface area (Å²) in [7, 11) is 0. The fourth-order valence-electron chi connectivity index (χ4n) is 1.18. The first-order chi connectivity index (χ1) is 6.33. The number of amides is 1. The van der Waals surface area contributed by atoms with Crippen molar-refractivity contribution >= 4 is 5.91 Å². The Kier molecular flexibility index (Phi) is 4.08. The molecule has 0 bridgehead atoms.